The first-order chi connectivity index (χ1) is 17.9. The number of esters is 2. The van der Waals surface area contributed by atoms with Gasteiger partial charge in [0, 0.05) is 17.0 Å². The smallest absolute Gasteiger partial charge is 0.416 e. The number of alkyl halides is 3. The van der Waals surface area contributed by atoms with Crippen LogP contribution in [0.2, 0.25) is 0 Å². The van der Waals surface area contributed by atoms with E-state index in [1.807, 2.05) is 0 Å². The summed E-state index contributed by atoms with van der Waals surface area (Å²) in [5, 5.41) is 3.07. The Balaban J connectivity index is 1.84. The van der Waals surface area contributed by atoms with E-state index in [2.05, 4.69) is 5.32 Å². The lowest BCUT2D eigenvalue weighted by Crippen LogP contribution is -2.33. The fourth-order valence-electron chi connectivity index (χ4n) is 4.16. The zero-order chi connectivity index (χ0) is 28.0. The number of dihydropyridines is 1. The highest BCUT2D eigenvalue weighted by Gasteiger charge is 2.39. The highest BCUT2D eigenvalue weighted by atomic mass is 19.4. The summed E-state index contributed by atoms with van der Waals surface area (Å²) in [4.78, 5) is 26.5. The second-order valence-electron chi connectivity index (χ2n) is 8.84. The topological polar surface area (TPSA) is 83.1 Å². The van der Waals surface area contributed by atoms with Crippen molar-refractivity contribution >= 4 is 11.9 Å². The second kappa shape index (κ2) is 12.1. The maximum absolute atomic E-state index is 13.3. The van der Waals surface area contributed by atoms with E-state index in [4.69, 9.17) is 18.9 Å². The largest absolute Gasteiger partial charge is 0.496 e. The van der Waals surface area contributed by atoms with Crippen molar-refractivity contribution in [3.8, 4) is 11.5 Å². The van der Waals surface area contributed by atoms with Crippen molar-refractivity contribution in [3.63, 3.8) is 0 Å². The highest BCUT2D eigenvalue weighted by molar-refractivity contribution is 6.00. The van der Waals surface area contributed by atoms with Gasteiger partial charge in [-0.1, -0.05) is 24.3 Å². The summed E-state index contributed by atoms with van der Waals surface area (Å²) in [6, 6.07) is 11.4. The number of para-hydroxylation sites is 1. The van der Waals surface area contributed by atoms with E-state index in [1.54, 1.807) is 52.0 Å². The molecule has 7 nitrogen and oxygen atoms in total. The molecule has 0 fully saturated rings. The van der Waals surface area contributed by atoms with Crippen molar-refractivity contribution in [3.05, 3.63) is 82.2 Å². The summed E-state index contributed by atoms with van der Waals surface area (Å²) in [5.41, 5.74) is 1.13. The van der Waals surface area contributed by atoms with Gasteiger partial charge in [-0.05, 0) is 52.0 Å². The Bertz CT molecular complexity index is 1250. The number of rotatable bonds is 9. The molecule has 1 heterocycles. The van der Waals surface area contributed by atoms with E-state index in [0.717, 1.165) is 12.1 Å². The van der Waals surface area contributed by atoms with Gasteiger partial charge in [-0.15, -0.1) is 0 Å². The quantitative estimate of drug-likeness (QED) is 0.336. The molecule has 1 unspecified atom stereocenters. The van der Waals surface area contributed by atoms with Crippen molar-refractivity contribution in [1.82, 2.24) is 5.32 Å². The van der Waals surface area contributed by atoms with Crippen LogP contribution in [0.5, 0.6) is 11.5 Å². The Morgan fingerprint density at radius 3 is 2.24 bits per heavy atom. The van der Waals surface area contributed by atoms with Gasteiger partial charge in [0.2, 0.25) is 0 Å². The van der Waals surface area contributed by atoms with Crippen LogP contribution in [0.15, 0.2) is 71.1 Å². The summed E-state index contributed by atoms with van der Waals surface area (Å²) in [5.74, 6) is -1.70. The first-order valence-electron chi connectivity index (χ1n) is 11.9. The molecule has 38 heavy (non-hydrogen) atoms. The number of hydrogen-bond acceptors (Lipinski definition) is 7. The lowest BCUT2D eigenvalue weighted by Gasteiger charge is -2.31. The maximum atomic E-state index is 13.3. The number of carbonyl (C=O) groups excluding carboxylic acids is 2. The van der Waals surface area contributed by atoms with Crippen molar-refractivity contribution in [2.24, 2.45) is 0 Å². The second-order valence-corrected chi connectivity index (χ2v) is 8.84. The molecular weight excluding hydrogens is 503 g/mol. The third-order valence-electron chi connectivity index (χ3n) is 5.74. The van der Waals surface area contributed by atoms with Gasteiger partial charge in [0.05, 0.1) is 35.8 Å². The molecule has 1 N–H and O–H groups in total. The molecule has 0 bridgehead atoms. The normalized spacial score (nSPS) is 15.8. The Labute approximate surface area is 219 Å². The molecule has 0 aliphatic carbocycles. The molecule has 2 aromatic carbocycles. The predicted octanol–water partition coefficient (Wildman–Crippen LogP) is 5.52. The zero-order valence-corrected chi connectivity index (χ0v) is 21.8. The number of allylic oxidation sites excluding steroid dienone is 2. The number of nitrogens with one attached hydrogen (secondary N) is 1. The van der Waals surface area contributed by atoms with Gasteiger partial charge < -0.3 is 24.3 Å². The Morgan fingerprint density at radius 1 is 0.947 bits per heavy atom. The molecule has 0 saturated heterocycles. The van der Waals surface area contributed by atoms with Crippen LogP contribution in [-0.4, -0.2) is 38.4 Å². The standard InChI is InChI=1S/C28H30F3NO6/c1-16(2)38-27(34)24-18(4)32-17(3)23(25(24)21-11-6-7-12-22(21)35-5)26(33)37-14-13-36-20-10-8-9-19(15-20)28(29,30)31/h6-12,15-16,25,32H,13-14H2,1-5H3. The van der Waals surface area contributed by atoms with E-state index in [1.165, 1.54) is 19.2 Å². The molecule has 1 atom stereocenters. The van der Waals surface area contributed by atoms with Gasteiger partial charge in [-0.25, -0.2) is 9.59 Å². The number of methoxy groups -OCH3 is 1. The Kier molecular flexibility index (Phi) is 9.08. The van der Waals surface area contributed by atoms with E-state index in [9.17, 15) is 22.8 Å². The van der Waals surface area contributed by atoms with E-state index >= 15 is 0 Å². The molecule has 0 saturated carbocycles. The van der Waals surface area contributed by atoms with Gasteiger partial charge >= 0.3 is 18.1 Å². The highest BCUT2D eigenvalue weighted by Crippen LogP contribution is 2.42. The number of halogens is 3. The van der Waals surface area contributed by atoms with Gasteiger partial charge in [-0.3, -0.25) is 0 Å². The summed E-state index contributed by atoms with van der Waals surface area (Å²) >= 11 is 0. The summed E-state index contributed by atoms with van der Waals surface area (Å²) < 4.78 is 60.6. The van der Waals surface area contributed by atoms with E-state index in [0.29, 0.717) is 22.7 Å². The minimum absolute atomic E-state index is 0.00484. The molecule has 3 rings (SSSR count). The van der Waals surface area contributed by atoms with Crippen LogP contribution < -0.4 is 14.8 Å². The van der Waals surface area contributed by atoms with Gasteiger partial charge in [0.15, 0.2) is 0 Å². The molecule has 10 heteroatoms. The fourth-order valence-corrected chi connectivity index (χ4v) is 4.16. The summed E-state index contributed by atoms with van der Waals surface area (Å²) in [7, 11) is 1.49. The molecular formula is C28H30F3NO6. The lowest BCUT2D eigenvalue weighted by atomic mass is 9.80. The van der Waals surface area contributed by atoms with Crippen LogP contribution in [0.4, 0.5) is 13.2 Å². The number of carbonyl (C=O) groups is 2. The summed E-state index contributed by atoms with van der Waals surface area (Å²) in [6.45, 7) is 6.44. The van der Waals surface area contributed by atoms with Crippen molar-refractivity contribution < 1.29 is 41.7 Å². The van der Waals surface area contributed by atoms with Crippen molar-refractivity contribution in [1.29, 1.82) is 0 Å². The Hall–Kier alpha value is -3.95. The van der Waals surface area contributed by atoms with Gasteiger partial charge in [0.1, 0.15) is 24.7 Å². The third-order valence-corrected chi connectivity index (χ3v) is 5.74. The molecule has 2 aromatic rings. The first-order valence-corrected chi connectivity index (χ1v) is 11.9. The predicted molar refractivity (Wildman–Crippen MR) is 133 cm³/mol. The molecule has 0 aromatic heterocycles. The number of benzene rings is 2. The van der Waals surface area contributed by atoms with Crippen LogP contribution in [0.1, 0.15) is 44.7 Å². The third kappa shape index (κ3) is 6.67. The maximum Gasteiger partial charge on any atom is 0.416 e. The average Bonchev–Trinajstić information content (AvgIpc) is 2.85. The minimum atomic E-state index is -4.50. The van der Waals surface area contributed by atoms with Gasteiger partial charge in [0.25, 0.3) is 0 Å². The molecule has 204 valence electrons. The minimum Gasteiger partial charge on any atom is -0.496 e. The zero-order valence-electron chi connectivity index (χ0n) is 21.8. The monoisotopic (exact) mass is 533 g/mol. The van der Waals surface area contributed by atoms with Crippen LogP contribution in [-0.2, 0) is 25.2 Å². The van der Waals surface area contributed by atoms with Crippen molar-refractivity contribution in [2.75, 3.05) is 20.3 Å². The molecule has 0 spiro atoms. The van der Waals surface area contributed by atoms with Crippen LogP contribution in [0.3, 0.4) is 0 Å². The lowest BCUT2D eigenvalue weighted by molar-refractivity contribution is -0.143. The molecule has 0 radical (unpaired) electrons. The molecule has 1 aliphatic heterocycles. The Morgan fingerprint density at radius 2 is 1.61 bits per heavy atom. The average molecular weight is 534 g/mol. The van der Waals surface area contributed by atoms with Crippen LogP contribution >= 0.6 is 0 Å². The van der Waals surface area contributed by atoms with Crippen molar-refractivity contribution in [2.45, 2.75) is 45.9 Å². The number of hydrogen-bond donors (Lipinski definition) is 1. The van der Waals surface area contributed by atoms with E-state index < -0.39 is 35.7 Å². The van der Waals surface area contributed by atoms with E-state index in [-0.39, 0.29) is 30.1 Å². The summed E-state index contributed by atoms with van der Waals surface area (Å²) in [6.07, 6.45) is -4.89. The first kappa shape index (κ1) is 28.6. The fraction of sp³-hybridized carbons (Fsp3) is 0.357. The van der Waals surface area contributed by atoms with Crippen LogP contribution in [0, 0.1) is 0 Å². The van der Waals surface area contributed by atoms with Crippen LogP contribution in [0.25, 0.3) is 0 Å². The molecule has 0 amide bonds. The number of ether oxygens (including phenoxy) is 4. The SMILES string of the molecule is COc1ccccc1C1C(C(=O)OCCOc2cccc(C(F)(F)F)c2)=C(C)NC(C)=C1C(=O)OC(C)C. The molecule has 1 aliphatic rings. The van der Waals surface area contributed by atoms with Gasteiger partial charge in [-0.2, -0.15) is 13.2 Å².